The first-order valence-electron chi connectivity index (χ1n) is 31.9. The Kier molecular flexibility index (Phi) is 40.4. The lowest BCUT2D eigenvalue weighted by molar-refractivity contribution is -0.139. The first kappa shape index (κ1) is 83.0. The van der Waals surface area contributed by atoms with E-state index in [9.17, 15) is 52.7 Å². The number of nitrogens with two attached hydrogens (primary N) is 3. The van der Waals surface area contributed by atoms with Gasteiger partial charge in [-0.05, 0) is 113 Å². The summed E-state index contributed by atoms with van der Waals surface area (Å²) in [7, 11) is 0. The molecule has 1 heterocycles. The molecule has 14 N–H and O–H groups in total. The molecule has 532 valence electrons. The lowest BCUT2D eigenvalue weighted by atomic mass is 10.0. The van der Waals surface area contributed by atoms with Gasteiger partial charge in [-0.3, -0.25) is 52.8 Å². The van der Waals surface area contributed by atoms with E-state index >= 15 is 0 Å². The zero-order valence-corrected chi connectivity index (χ0v) is 56.8. The molecule has 93 heavy (non-hydrogen) atoms. The number of nitrogens with zero attached hydrogens (tertiary/aromatic N) is 1. The number of imide groups is 1. The van der Waals surface area contributed by atoms with Gasteiger partial charge in [0.25, 0.3) is 0 Å². The predicted molar refractivity (Wildman–Crippen MR) is 345 cm³/mol. The molecule has 2 rings (SSSR count). The van der Waals surface area contributed by atoms with Crippen molar-refractivity contribution in [3.05, 3.63) is 12.2 Å². The molecular weight excluding hydrogens is 1240 g/mol. The molecule has 0 aromatic rings. The van der Waals surface area contributed by atoms with Crippen molar-refractivity contribution in [3.63, 3.8) is 0 Å². The molecular formula is C61H108N12O19S. The van der Waals surface area contributed by atoms with Crippen molar-refractivity contribution in [2.45, 2.75) is 178 Å². The molecule has 0 saturated carbocycles. The molecule has 0 spiro atoms. The topological polar surface area (TPSA) is 439 Å². The molecule has 4 atom stereocenters. The summed E-state index contributed by atoms with van der Waals surface area (Å²) < 4.78 is 45.3. The fraction of sp³-hybridized carbons (Fsp3) is 0.787. The average molecular weight is 1350 g/mol. The van der Waals surface area contributed by atoms with E-state index < -0.39 is 111 Å². The minimum atomic E-state index is -1.28. The van der Waals surface area contributed by atoms with E-state index in [1.807, 2.05) is 0 Å². The van der Waals surface area contributed by atoms with E-state index in [4.69, 9.17) is 55.1 Å². The van der Waals surface area contributed by atoms with Crippen LogP contribution in [0, 0.1) is 0 Å². The summed E-state index contributed by atoms with van der Waals surface area (Å²) >= 11 is 0.983. The number of allylic oxidation sites excluding steroid dienone is 2. The summed E-state index contributed by atoms with van der Waals surface area (Å²) in [6, 6.07) is -2.18. The molecule has 0 aromatic heterocycles. The molecule has 0 bridgehead atoms. The third-order valence-corrected chi connectivity index (χ3v) is 15.2. The van der Waals surface area contributed by atoms with E-state index in [0.717, 1.165) is 48.8 Å². The second-order valence-electron chi connectivity index (χ2n) is 24.9. The number of rotatable bonds is 50. The number of carbonyl (C=O) groups excluding carboxylic acids is 11. The van der Waals surface area contributed by atoms with Gasteiger partial charge in [-0.25, -0.2) is 4.79 Å². The van der Waals surface area contributed by atoms with Crippen LogP contribution >= 0.6 is 11.8 Å². The molecule has 0 aromatic carbocycles. The number of ether oxygens (including phenoxy) is 8. The Morgan fingerprint density at radius 1 is 0.602 bits per heavy atom. The molecule has 1 aliphatic carbocycles. The maximum Gasteiger partial charge on any atom is 0.407 e. The average Bonchev–Trinajstić information content (AvgIpc) is 1.86. The molecule has 11 amide bonds. The van der Waals surface area contributed by atoms with Crippen LogP contribution in [-0.2, 0) is 85.8 Å². The number of alkyl carbamates (subject to hydrolysis) is 1. The van der Waals surface area contributed by atoms with Gasteiger partial charge in [0.2, 0.25) is 59.1 Å². The lowest BCUT2D eigenvalue weighted by Crippen LogP contribution is -2.57. The van der Waals surface area contributed by atoms with Gasteiger partial charge in [0.15, 0.2) is 0 Å². The van der Waals surface area contributed by atoms with E-state index in [0.29, 0.717) is 85.2 Å². The number of thioether (sulfide) groups is 1. The monoisotopic (exact) mass is 1340 g/mol. The highest BCUT2D eigenvalue weighted by atomic mass is 32.2. The van der Waals surface area contributed by atoms with E-state index in [1.165, 1.54) is 0 Å². The highest BCUT2D eigenvalue weighted by Gasteiger charge is 2.41. The Labute approximate surface area is 551 Å². The van der Waals surface area contributed by atoms with Crippen molar-refractivity contribution in [3.8, 4) is 0 Å². The molecule has 31 nitrogen and oxygen atoms in total. The largest absolute Gasteiger partial charge is 0.446 e. The Morgan fingerprint density at radius 2 is 1.12 bits per heavy atom. The maximum atomic E-state index is 14.2. The second kappa shape index (κ2) is 45.3. The molecule has 4 unspecified atom stereocenters. The molecule has 0 radical (unpaired) electrons. The SMILES string of the molecule is CC(C)(COC(C)(C)CC(=O)NC(CSC1CC(=O)N(CCC(=O)NCCOCCOCCOCCOCCOCCNC(=O)OC2CC/C=C/CCC2)C1=O)C(=O)NC(C)(C)COC(C)(C)CC(=O)NC(CCCCN)C(N)=O)NC(=O)CNC(=O)CNC(=O)CN. The van der Waals surface area contributed by atoms with Crippen LogP contribution in [0.2, 0.25) is 0 Å². The lowest BCUT2D eigenvalue weighted by Gasteiger charge is -2.34. The zero-order valence-electron chi connectivity index (χ0n) is 55.9. The number of hydrogen-bond donors (Lipinski definition) is 11. The Bertz CT molecular complexity index is 2380. The van der Waals surface area contributed by atoms with E-state index in [1.54, 1.807) is 55.4 Å². The van der Waals surface area contributed by atoms with Crippen molar-refractivity contribution in [1.82, 2.24) is 47.4 Å². The summed E-state index contributed by atoms with van der Waals surface area (Å²) in [6.45, 7) is 16.0. The Morgan fingerprint density at radius 3 is 1.68 bits per heavy atom. The zero-order chi connectivity index (χ0) is 69.3. The standard InChI is InChI=1S/C61H108N12O19S/c1-58(2,71-52(79)39-68-51(78)38-67-50(77)37-63)41-90-61(7,8)36-49(76)70-45(55(82)72-59(3,4)42-91-60(5,6)35-48(75)69-44(54(64)81)18-14-15-20-62)40-93-46-34-53(80)73(56(46)83)23-19-47(74)65-21-24-85-26-28-87-30-32-89-33-31-88-29-27-86-25-22-66-57(84)92-43-16-12-10-9-11-13-17-43/h9-10,43-46H,11-42,62-63H2,1-8H3,(H2,64,81)(H,65,74)(H,66,84)(H,67,77)(H,68,78)(H,69,75)(H,70,76)(H,71,79)(H,72,82)/b10-9+. The molecule has 1 fully saturated rings. The van der Waals surface area contributed by atoms with Gasteiger partial charge >= 0.3 is 6.09 Å². The van der Waals surface area contributed by atoms with Crippen LogP contribution in [0.1, 0.15) is 132 Å². The van der Waals surface area contributed by atoms with Gasteiger partial charge in [-0.2, -0.15) is 0 Å². The van der Waals surface area contributed by atoms with Crippen LogP contribution in [0.5, 0.6) is 0 Å². The highest BCUT2D eigenvalue weighted by Crippen LogP contribution is 2.27. The number of unbranched alkanes of at least 4 members (excludes halogenated alkanes) is 1. The predicted octanol–water partition coefficient (Wildman–Crippen LogP) is -1.01. The quantitative estimate of drug-likeness (QED) is 0.0197. The maximum absolute atomic E-state index is 14.2. The molecule has 1 aliphatic heterocycles. The first-order valence-corrected chi connectivity index (χ1v) is 32.9. The van der Waals surface area contributed by atoms with Gasteiger partial charge in [-0.1, -0.05) is 12.2 Å². The van der Waals surface area contributed by atoms with Gasteiger partial charge in [0.1, 0.15) is 18.2 Å². The smallest absolute Gasteiger partial charge is 0.407 e. The number of amides is 11. The van der Waals surface area contributed by atoms with Gasteiger partial charge in [-0.15, -0.1) is 11.8 Å². The third kappa shape index (κ3) is 40.0. The Balaban J connectivity index is 1.84. The summed E-state index contributed by atoms with van der Waals surface area (Å²) in [4.78, 5) is 142. The summed E-state index contributed by atoms with van der Waals surface area (Å²) in [5.74, 6) is -5.81. The van der Waals surface area contributed by atoms with Crippen molar-refractivity contribution in [2.75, 3.05) is 131 Å². The van der Waals surface area contributed by atoms with Crippen LogP contribution < -0.4 is 59.7 Å². The van der Waals surface area contributed by atoms with Crippen LogP contribution in [0.15, 0.2) is 12.2 Å². The van der Waals surface area contributed by atoms with Crippen molar-refractivity contribution < 1.29 is 90.6 Å². The van der Waals surface area contributed by atoms with Crippen molar-refractivity contribution in [1.29, 1.82) is 0 Å². The fourth-order valence-corrected chi connectivity index (χ4v) is 10.1. The second-order valence-corrected chi connectivity index (χ2v) is 26.2. The highest BCUT2D eigenvalue weighted by molar-refractivity contribution is 8.00. The fourth-order valence-electron chi connectivity index (χ4n) is 8.92. The first-order chi connectivity index (χ1) is 44.0. The van der Waals surface area contributed by atoms with Crippen LogP contribution in [0.25, 0.3) is 0 Å². The summed E-state index contributed by atoms with van der Waals surface area (Å²) in [5.41, 5.74) is 11.9. The number of primary amides is 1. The number of nitrogens with one attached hydrogen (secondary N) is 8. The summed E-state index contributed by atoms with van der Waals surface area (Å²) in [5, 5.41) is 20.2. The minimum absolute atomic E-state index is 0.0616. The molecule has 2 aliphatic rings. The van der Waals surface area contributed by atoms with E-state index in [2.05, 4.69) is 54.7 Å². The van der Waals surface area contributed by atoms with Crippen LogP contribution in [-0.4, -0.2) is 247 Å². The molecule has 1 saturated heterocycles. The van der Waals surface area contributed by atoms with Gasteiger partial charge in [0.05, 0.1) is 139 Å². The minimum Gasteiger partial charge on any atom is -0.446 e. The number of likely N-dealkylation sites (tertiary alicyclic amines) is 1. The van der Waals surface area contributed by atoms with Crippen LogP contribution in [0.3, 0.4) is 0 Å². The van der Waals surface area contributed by atoms with Gasteiger partial charge < -0.3 is 97.6 Å². The Hall–Kier alpha value is -6.10. The van der Waals surface area contributed by atoms with E-state index in [-0.39, 0.29) is 90.1 Å². The normalized spacial score (nSPS) is 16.4. The summed E-state index contributed by atoms with van der Waals surface area (Å²) in [6.07, 6.45) is 9.15. The van der Waals surface area contributed by atoms with Crippen molar-refractivity contribution in [2.24, 2.45) is 17.2 Å². The number of carbonyl (C=O) groups is 11. The van der Waals surface area contributed by atoms with Crippen molar-refractivity contribution >= 4 is 76.9 Å². The van der Waals surface area contributed by atoms with Crippen LogP contribution in [0.4, 0.5) is 4.79 Å². The molecule has 32 heteroatoms. The third-order valence-electron chi connectivity index (χ3n) is 13.9. The van der Waals surface area contributed by atoms with Gasteiger partial charge in [0, 0.05) is 38.2 Å². The number of hydrogen-bond acceptors (Lipinski definition) is 22.